The van der Waals surface area contributed by atoms with Crippen LogP contribution in [0.4, 0.5) is 0 Å². The van der Waals surface area contributed by atoms with E-state index in [4.69, 9.17) is 0 Å². The highest BCUT2D eigenvalue weighted by Gasteiger charge is 2.43. The van der Waals surface area contributed by atoms with E-state index in [9.17, 15) is 14.4 Å². The Labute approximate surface area is 115 Å². The number of likely N-dealkylation sites (tertiary alicyclic amines) is 1. The lowest BCUT2D eigenvalue weighted by Gasteiger charge is -2.38. The van der Waals surface area contributed by atoms with Crippen LogP contribution < -0.4 is 0 Å². The fraction of sp³-hybridized carbons (Fsp3) is 0.500. The minimum Gasteiger partial charge on any atom is -0.291 e. The molecule has 0 aromatic carbocycles. The SMILES string of the molecule is O=C(CN1C(=O)C2CCCC(C2)C1=O)c1cccs1. The number of hydrogen-bond acceptors (Lipinski definition) is 4. The van der Waals surface area contributed by atoms with Crippen LogP contribution in [0.1, 0.15) is 35.4 Å². The van der Waals surface area contributed by atoms with Crippen molar-refractivity contribution in [1.29, 1.82) is 0 Å². The number of hydrogen-bond donors (Lipinski definition) is 0. The van der Waals surface area contributed by atoms with Crippen molar-refractivity contribution in [2.24, 2.45) is 11.8 Å². The molecule has 19 heavy (non-hydrogen) atoms. The highest BCUT2D eigenvalue weighted by Crippen LogP contribution is 2.36. The van der Waals surface area contributed by atoms with Gasteiger partial charge in [0.25, 0.3) is 0 Å². The van der Waals surface area contributed by atoms with Crippen LogP contribution in [0.25, 0.3) is 0 Å². The van der Waals surface area contributed by atoms with Crippen molar-refractivity contribution in [3.8, 4) is 0 Å². The summed E-state index contributed by atoms with van der Waals surface area (Å²) in [5.41, 5.74) is 0. The van der Waals surface area contributed by atoms with Crippen LogP contribution in [0.5, 0.6) is 0 Å². The van der Waals surface area contributed by atoms with Crippen molar-refractivity contribution in [3.63, 3.8) is 0 Å². The molecule has 2 heterocycles. The zero-order valence-corrected chi connectivity index (χ0v) is 11.3. The molecule has 2 bridgehead atoms. The molecule has 4 nitrogen and oxygen atoms in total. The van der Waals surface area contributed by atoms with Gasteiger partial charge in [0.05, 0.1) is 11.4 Å². The third-order valence-electron chi connectivity index (χ3n) is 4.00. The largest absolute Gasteiger partial charge is 0.291 e. The van der Waals surface area contributed by atoms with Crippen molar-refractivity contribution in [2.75, 3.05) is 6.54 Å². The lowest BCUT2D eigenvalue weighted by molar-refractivity contribution is -0.157. The second-order valence-electron chi connectivity index (χ2n) is 5.22. The number of ketones is 1. The fourth-order valence-corrected chi connectivity index (χ4v) is 3.66. The Morgan fingerprint density at radius 2 is 1.95 bits per heavy atom. The average Bonchev–Trinajstić information content (AvgIpc) is 2.96. The molecular weight excluding hydrogens is 262 g/mol. The Balaban J connectivity index is 1.77. The van der Waals surface area contributed by atoms with Gasteiger partial charge in [-0.3, -0.25) is 19.3 Å². The van der Waals surface area contributed by atoms with Crippen LogP contribution in [-0.4, -0.2) is 29.0 Å². The molecule has 0 spiro atoms. The number of imide groups is 1. The molecule has 2 aliphatic rings. The zero-order chi connectivity index (χ0) is 13.4. The number of piperidine rings is 1. The molecule has 1 saturated heterocycles. The van der Waals surface area contributed by atoms with Gasteiger partial charge in [-0.25, -0.2) is 0 Å². The topological polar surface area (TPSA) is 54.5 Å². The van der Waals surface area contributed by atoms with E-state index in [1.165, 1.54) is 16.2 Å². The maximum absolute atomic E-state index is 12.2. The molecule has 1 aromatic rings. The van der Waals surface area contributed by atoms with Crippen molar-refractivity contribution < 1.29 is 14.4 Å². The highest BCUT2D eigenvalue weighted by molar-refractivity contribution is 7.12. The van der Waals surface area contributed by atoms with Crippen molar-refractivity contribution >= 4 is 28.9 Å². The van der Waals surface area contributed by atoms with E-state index < -0.39 is 0 Å². The summed E-state index contributed by atoms with van der Waals surface area (Å²) in [7, 11) is 0. The van der Waals surface area contributed by atoms with E-state index in [2.05, 4.69) is 0 Å². The predicted molar refractivity (Wildman–Crippen MR) is 70.8 cm³/mol. The molecule has 1 saturated carbocycles. The summed E-state index contributed by atoms with van der Waals surface area (Å²) in [5.74, 6) is -0.534. The molecule has 2 amide bonds. The summed E-state index contributed by atoms with van der Waals surface area (Å²) in [6.45, 7) is -0.0921. The normalized spacial score (nSPS) is 26.6. The number of nitrogens with zero attached hydrogens (tertiary/aromatic N) is 1. The molecule has 100 valence electrons. The van der Waals surface area contributed by atoms with Gasteiger partial charge in [0.15, 0.2) is 5.78 Å². The standard InChI is InChI=1S/C14H15NO3S/c16-11(12-5-2-6-19-12)8-15-13(17)9-3-1-4-10(7-9)14(15)18/h2,5-6,9-10H,1,3-4,7-8H2. The van der Waals surface area contributed by atoms with Crippen LogP contribution >= 0.6 is 11.3 Å². The average molecular weight is 277 g/mol. The summed E-state index contributed by atoms with van der Waals surface area (Å²) in [6, 6.07) is 3.53. The Kier molecular flexibility index (Phi) is 3.22. The fourth-order valence-electron chi connectivity index (χ4n) is 3.00. The summed E-state index contributed by atoms with van der Waals surface area (Å²) in [4.78, 5) is 38.3. The van der Waals surface area contributed by atoms with Crippen LogP contribution in [0.15, 0.2) is 17.5 Å². The van der Waals surface area contributed by atoms with Crippen molar-refractivity contribution in [1.82, 2.24) is 4.90 Å². The first-order valence-electron chi connectivity index (χ1n) is 6.58. The highest BCUT2D eigenvalue weighted by atomic mass is 32.1. The first-order chi connectivity index (χ1) is 9.16. The first-order valence-corrected chi connectivity index (χ1v) is 7.46. The number of carbonyl (C=O) groups excluding carboxylic acids is 3. The van der Waals surface area contributed by atoms with Crippen LogP contribution in [0.3, 0.4) is 0 Å². The van der Waals surface area contributed by atoms with Crippen LogP contribution in [0.2, 0.25) is 0 Å². The Bertz CT molecular complexity index is 501. The maximum Gasteiger partial charge on any atom is 0.232 e. The van der Waals surface area contributed by atoms with Gasteiger partial charge in [0.1, 0.15) is 0 Å². The number of thiophene rings is 1. The second kappa shape index (κ2) is 4.89. The van der Waals surface area contributed by atoms with Gasteiger partial charge in [0.2, 0.25) is 11.8 Å². The quantitative estimate of drug-likeness (QED) is 0.628. The number of carbonyl (C=O) groups is 3. The number of rotatable bonds is 3. The second-order valence-corrected chi connectivity index (χ2v) is 6.17. The van der Waals surface area contributed by atoms with Crippen molar-refractivity contribution in [3.05, 3.63) is 22.4 Å². The van der Waals surface area contributed by atoms with Crippen LogP contribution in [-0.2, 0) is 9.59 Å². The number of amides is 2. The molecule has 0 N–H and O–H groups in total. The van der Waals surface area contributed by atoms with Gasteiger partial charge >= 0.3 is 0 Å². The van der Waals surface area contributed by atoms with E-state index in [1.54, 1.807) is 12.1 Å². The Morgan fingerprint density at radius 3 is 2.53 bits per heavy atom. The molecule has 5 heteroatoms. The van der Waals surface area contributed by atoms with E-state index in [0.29, 0.717) is 11.3 Å². The van der Waals surface area contributed by atoms with E-state index in [1.807, 2.05) is 5.38 Å². The Hall–Kier alpha value is -1.49. The molecule has 2 atom stereocenters. The molecular formula is C14H15NO3S. The summed E-state index contributed by atoms with van der Waals surface area (Å²) >= 11 is 1.34. The molecule has 0 radical (unpaired) electrons. The monoisotopic (exact) mass is 277 g/mol. The Morgan fingerprint density at radius 1 is 1.26 bits per heavy atom. The third-order valence-corrected chi connectivity index (χ3v) is 4.91. The molecule has 2 unspecified atom stereocenters. The smallest absolute Gasteiger partial charge is 0.232 e. The van der Waals surface area contributed by atoms with Gasteiger partial charge in [0, 0.05) is 11.8 Å². The summed E-state index contributed by atoms with van der Waals surface area (Å²) < 4.78 is 0. The molecule has 2 fully saturated rings. The zero-order valence-electron chi connectivity index (χ0n) is 10.5. The van der Waals surface area contributed by atoms with Gasteiger partial charge in [-0.1, -0.05) is 12.5 Å². The van der Waals surface area contributed by atoms with Gasteiger partial charge < -0.3 is 0 Å². The van der Waals surface area contributed by atoms with Gasteiger partial charge in [-0.05, 0) is 30.7 Å². The van der Waals surface area contributed by atoms with E-state index >= 15 is 0 Å². The summed E-state index contributed by atoms with van der Waals surface area (Å²) in [5, 5.41) is 1.82. The van der Waals surface area contributed by atoms with Crippen molar-refractivity contribution in [2.45, 2.75) is 25.7 Å². The van der Waals surface area contributed by atoms with Gasteiger partial charge in [-0.15, -0.1) is 11.3 Å². The minimum atomic E-state index is -0.147. The third kappa shape index (κ3) is 2.23. The lowest BCUT2D eigenvalue weighted by atomic mass is 9.77. The number of fused-ring (bicyclic) bond motifs is 2. The molecule has 1 aliphatic carbocycles. The maximum atomic E-state index is 12.2. The van der Waals surface area contributed by atoms with E-state index in [0.717, 1.165) is 19.3 Å². The molecule has 1 aliphatic heterocycles. The number of Topliss-reactive ketones (excluding diaryl/α,β-unsaturated/α-hetero) is 1. The molecule has 3 rings (SSSR count). The van der Waals surface area contributed by atoms with Gasteiger partial charge in [-0.2, -0.15) is 0 Å². The minimum absolute atomic E-state index is 0.0485. The predicted octanol–water partition coefficient (Wildman–Crippen LogP) is 2.11. The lowest BCUT2D eigenvalue weighted by Crippen LogP contribution is -2.52. The first kappa shape index (κ1) is 12.5. The molecule has 1 aromatic heterocycles. The van der Waals surface area contributed by atoms with Crippen LogP contribution in [0, 0.1) is 11.8 Å². The summed E-state index contributed by atoms with van der Waals surface area (Å²) in [6.07, 6.45) is 3.33. The van der Waals surface area contributed by atoms with E-state index in [-0.39, 0.29) is 36.0 Å².